The van der Waals surface area contributed by atoms with Crippen LogP contribution in [0.2, 0.25) is 0 Å². The van der Waals surface area contributed by atoms with Crippen molar-refractivity contribution in [2.45, 2.75) is 6.92 Å². The van der Waals surface area contributed by atoms with E-state index in [0.29, 0.717) is 5.75 Å². The third kappa shape index (κ3) is 3.54. The predicted octanol–water partition coefficient (Wildman–Crippen LogP) is 4.28. The van der Waals surface area contributed by atoms with Crippen molar-refractivity contribution in [3.05, 3.63) is 46.4 Å². The first kappa shape index (κ1) is 16.2. The van der Waals surface area contributed by atoms with Crippen LogP contribution in [0.1, 0.15) is 17.0 Å². The first-order chi connectivity index (χ1) is 9.93. The highest BCUT2D eigenvalue weighted by Crippen LogP contribution is 2.31. The Morgan fingerprint density at radius 3 is 2.71 bits per heavy atom. The molecule has 2 aromatic rings. The molecule has 0 fully saturated rings. The van der Waals surface area contributed by atoms with Crippen molar-refractivity contribution in [2.24, 2.45) is 0 Å². The maximum absolute atomic E-state index is 11.0. The van der Waals surface area contributed by atoms with E-state index in [0.717, 1.165) is 12.7 Å². The van der Waals surface area contributed by atoms with E-state index in [1.54, 1.807) is 13.2 Å². The Morgan fingerprint density at radius 2 is 2.10 bits per heavy atom. The van der Waals surface area contributed by atoms with Crippen LogP contribution in [0.5, 0.6) is 5.75 Å². The van der Waals surface area contributed by atoms with Crippen molar-refractivity contribution in [3.63, 3.8) is 0 Å². The maximum Gasteiger partial charge on any atom is 0.338 e. The summed E-state index contributed by atoms with van der Waals surface area (Å²) in [6.45, 7) is 1.54. The average Bonchev–Trinajstić information content (AvgIpc) is 2.77. The van der Waals surface area contributed by atoms with Gasteiger partial charge in [-0.2, -0.15) is 0 Å². The van der Waals surface area contributed by atoms with Gasteiger partial charge in [0.2, 0.25) is 5.76 Å². The highest BCUT2D eigenvalue weighted by atomic mass is 127. The van der Waals surface area contributed by atoms with Gasteiger partial charge in [-0.3, -0.25) is 10.1 Å². The van der Waals surface area contributed by atoms with Crippen LogP contribution < -0.4 is 4.74 Å². The molecule has 110 valence electrons. The Balaban J connectivity index is 2.45. The highest BCUT2D eigenvalue weighted by molar-refractivity contribution is 14.1. The summed E-state index contributed by atoms with van der Waals surface area (Å²) in [6, 6.07) is 3.91. The van der Waals surface area contributed by atoms with Gasteiger partial charge in [0.25, 0.3) is 0 Å². The lowest BCUT2D eigenvalue weighted by molar-refractivity contribution is -0.386. The molecule has 1 heterocycles. The zero-order valence-corrected chi connectivity index (χ0v) is 15.4. The lowest BCUT2D eigenvalue weighted by Gasteiger charge is -2.07. The second-order valence-corrected chi connectivity index (χ2v) is 6.49. The molecular weight excluding hydrogens is 502 g/mol. The molecule has 0 saturated heterocycles. The lowest BCUT2D eigenvalue weighted by Crippen LogP contribution is -1.92. The van der Waals surface area contributed by atoms with Crippen LogP contribution in [0.15, 0.2) is 16.7 Å². The van der Waals surface area contributed by atoms with E-state index in [4.69, 9.17) is 9.26 Å². The van der Waals surface area contributed by atoms with Gasteiger partial charge < -0.3 is 9.26 Å². The molecule has 0 N–H and O–H groups in total. The van der Waals surface area contributed by atoms with Crippen molar-refractivity contribution < 1.29 is 14.2 Å². The minimum Gasteiger partial charge on any atom is -0.495 e. The third-order valence-corrected chi connectivity index (χ3v) is 4.12. The van der Waals surface area contributed by atoms with Crippen LogP contribution in [0.3, 0.4) is 0 Å². The predicted molar refractivity (Wildman–Crippen MR) is 95.3 cm³/mol. The molecule has 0 amide bonds. The second kappa shape index (κ2) is 6.73. The fourth-order valence-electron chi connectivity index (χ4n) is 1.80. The van der Waals surface area contributed by atoms with E-state index in [9.17, 15) is 10.1 Å². The second-order valence-electron chi connectivity index (χ2n) is 4.08. The summed E-state index contributed by atoms with van der Waals surface area (Å²) >= 11 is 4.38. The van der Waals surface area contributed by atoms with Crippen LogP contribution >= 0.6 is 45.2 Å². The van der Waals surface area contributed by atoms with Crippen molar-refractivity contribution in [1.29, 1.82) is 0 Å². The minimum absolute atomic E-state index is 0.119. The van der Waals surface area contributed by atoms with E-state index in [2.05, 4.69) is 50.3 Å². The van der Waals surface area contributed by atoms with E-state index < -0.39 is 4.92 Å². The molecule has 0 unspecified atom stereocenters. The molecule has 0 spiro atoms. The Hall–Kier alpha value is -1.17. The topological polar surface area (TPSA) is 78.4 Å². The largest absolute Gasteiger partial charge is 0.495 e. The summed E-state index contributed by atoms with van der Waals surface area (Å²) in [6.07, 6.45) is 3.25. The van der Waals surface area contributed by atoms with Crippen LogP contribution in [0, 0.1) is 24.2 Å². The highest BCUT2D eigenvalue weighted by Gasteiger charge is 2.22. The number of rotatable bonds is 4. The number of ether oxygens (including phenoxy) is 1. The summed E-state index contributed by atoms with van der Waals surface area (Å²) in [7, 11) is 1.59. The molecule has 0 aliphatic carbocycles. The number of nitrogens with zero attached hydrogens (tertiary/aromatic N) is 2. The number of halogens is 2. The summed E-state index contributed by atoms with van der Waals surface area (Å²) in [5.41, 5.74) is 0.950. The quantitative estimate of drug-likeness (QED) is 0.348. The minimum atomic E-state index is -0.499. The number of methoxy groups -OCH3 is 1. The number of aromatic nitrogens is 1. The van der Waals surface area contributed by atoms with Crippen LogP contribution in [0.25, 0.3) is 12.2 Å². The van der Waals surface area contributed by atoms with Gasteiger partial charge in [0, 0.05) is 9.13 Å². The monoisotopic (exact) mass is 512 g/mol. The van der Waals surface area contributed by atoms with Gasteiger partial charge in [-0.1, -0.05) is 5.16 Å². The van der Waals surface area contributed by atoms with Crippen molar-refractivity contribution in [2.75, 3.05) is 7.11 Å². The first-order valence-corrected chi connectivity index (χ1v) is 7.91. The molecule has 8 heteroatoms. The normalized spacial score (nSPS) is 11.0. The molecule has 2 rings (SSSR count). The van der Waals surface area contributed by atoms with Crippen molar-refractivity contribution in [3.8, 4) is 5.75 Å². The van der Waals surface area contributed by atoms with Crippen LogP contribution in [-0.2, 0) is 0 Å². The van der Waals surface area contributed by atoms with Gasteiger partial charge in [-0.05, 0) is 76.4 Å². The summed E-state index contributed by atoms with van der Waals surface area (Å²) < 4.78 is 12.4. The van der Waals surface area contributed by atoms with Crippen molar-refractivity contribution in [1.82, 2.24) is 5.16 Å². The van der Waals surface area contributed by atoms with Gasteiger partial charge >= 0.3 is 5.69 Å². The average molecular weight is 512 g/mol. The summed E-state index contributed by atoms with van der Waals surface area (Å²) in [5, 5.41) is 14.6. The number of benzene rings is 1. The molecule has 1 aromatic carbocycles. The number of hydrogen-bond acceptors (Lipinski definition) is 5. The van der Waals surface area contributed by atoms with E-state index in [1.807, 2.05) is 12.1 Å². The molecule has 0 saturated carbocycles. The molecule has 0 bridgehead atoms. The Bertz CT molecular complexity index is 725. The zero-order chi connectivity index (χ0) is 15.6. The molecule has 6 nitrogen and oxygen atoms in total. The van der Waals surface area contributed by atoms with Gasteiger partial charge in [-0.15, -0.1) is 0 Å². The molecular formula is C13H10I2N2O4. The third-order valence-electron chi connectivity index (χ3n) is 2.70. The molecule has 0 aliphatic heterocycles. The number of hydrogen-bond donors (Lipinski definition) is 0. The lowest BCUT2D eigenvalue weighted by atomic mass is 10.1. The summed E-state index contributed by atoms with van der Waals surface area (Å²) in [5.74, 6) is 0.833. The van der Waals surface area contributed by atoms with E-state index in [-0.39, 0.29) is 17.1 Å². The Labute approximate surface area is 148 Å². The van der Waals surface area contributed by atoms with Crippen molar-refractivity contribution >= 4 is 63.0 Å². The summed E-state index contributed by atoms with van der Waals surface area (Å²) in [4.78, 5) is 10.5. The van der Waals surface area contributed by atoms with Crippen LogP contribution in [-0.4, -0.2) is 17.2 Å². The fraction of sp³-hybridized carbons (Fsp3) is 0.154. The van der Waals surface area contributed by atoms with Crippen LogP contribution in [0.4, 0.5) is 5.69 Å². The smallest absolute Gasteiger partial charge is 0.338 e. The van der Waals surface area contributed by atoms with Gasteiger partial charge in [0.1, 0.15) is 5.75 Å². The maximum atomic E-state index is 11.0. The number of nitro groups is 1. The van der Waals surface area contributed by atoms with Gasteiger partial charge in [-0.25, -0.2) is 0 Å². The number of aryl methyl sites for hydroxylation is 1. The Morgan fingerprint density at radius 1 is 1.38 bits per heavy atom. The zero-order valence-electron chi connectivity index (χ0n) is 11.1. The molecule has 21 heavy (non-hydrogen) atoms. The molecule has 0 aliphatic rings. The van der Waals surface area contributed by atoms with E-state index in [1.165, 1.54) is 13.0 Å². The molecule has 0 atom stereocenters. The standard InChI is InChI=1S/C13H10I2N2O4/c1-7-12(17(18)19)11(21-16-7)4-3-8-5-9(14)6-10(15)13(8)20-2/h3-6H,1-2H3/b4-3-. The molecule has 0 radical (unpaired) electrons. The van der Waals surface area contributed by atoms with E-state index >= 15 is 0 Å². The SMILES string of the molecule is COc1c(I)cc(I)cc1/C=C\c1onc(C)c1[N+](=O)[O-]. The first-order valence-electron chi connectivity index (χ1n) is 5.75. The molecule has 1 aromatic heterocycles. The fourth-order valence-corrected chi connectivity index (χ4v) is 3.91. The Kier molecular flexibility index (Phi) is 5.19. The van der Waals surface area contributed by atoms with Gasteiger partial charge in [0.05, 0.1) is 15.6 Å². The van der Waals surface area contributed by atoms with Gasteiger partial charge in [0.15, 0.2) is 5.69 Å².